The molecule has 1 fully saturated rings. The smallest absolute Gasteiger partial charge is 0.207 e. The number of halogens is 2. The van der Waals surface area contributed by atoms with E-state index in [-0.39, 0.29) is 18.8 Å². The van der Waals surface area contributed by atoms with Gasteiger partial charge < -0.3 is 0 Å². The zero-order chi connectivity index (χ0) is 9.35. The van der Waals surface area contributed by atoms with Crippen LogP contribution in [0.3, 0.4) is 0 Å². The second-order valence-corrected chi connectivity index (χ2v) is 4.41. The maximum absolute atomic E-state index is 13.1. The molecule has 12 heavy (non-hydrogen) atoms. The Morgan fingerprint density at radius 1 is 1.08 bits per heavy atom. The summed E-state index contributed by atoms with van der Waals surface area (Å²) >= 11 is 0. The largest absolute Gasteiger partial charge is 0.248 e. The van der Waals surface area contributed by atoms with Gasteiger partial charge in [-0.25, -0.2) is 8.78 Å². The summed E-state index contributed by atoms with van der Waals surface area (Å²) in [5.41, 5.74) is 0. The third-order valence-electron chi connectivity index (χ3n) is 3.38. The van der Waals surface area contributed by atoms with Crippen LogP contribution in [0.2, 0.25) is 0 Å². The average molecular weight is 176 g/mol. The van der Waals surface area contributed by atoms with Crippen LogP contribution in [0.15, 0.2) is 0 Å². The van der Waals surface area contributed by atoms with Crippen LogP contribution in [0.4, 0.5) is 8.78 Å². The van der Waals surface area contributed by atoms with E-state index in [2.05, 4.69) is 13.8 Å². The minimum absolute atomic E-state index is 0.0819. The van der Waals surface area contributed by atoms with Crippen molar-refractivity contribution in [2.75, 3.05) is 0 Å². The van der Waals surface area contributed by atoms with Crippen molar-refractivity contribution < 1.29 is 8.78 Å². The number of rotatable bonds is 0. The van der Waals surface area contributed by atoms with Crippen LogP contribution in [0.25, 0.3) is 0 Å². The quantitative estimate of drug-likeness (QED) is 0.493. The van der Waals surface area contributed by atoms with E-state index >= 15 is 0 Å². The highest BCUT2D eigenvalue weighted by molar-refractivity contribution is 4.81. The second-order valence-electron chi connectivity index (χ2n) is 4.41. The summed E-state index contributed by atoms with van der Waals surface area (Å²) < 4.78 is 26.1. The van der Waals surface area contributed by atoms with Gasteiger partial charge in [0, 0.05) is 12.8 Å². The Balaban J connectivity index is 2.66. The fourth-order valence-corrected chi connectivity index (χ4v) is 2.02. The minimum Gasteiger partial charge on any atom is -0.207 e. The Kier molecular flexibility index (Phi) is 2.74. The van der Waals surface area contributed by atoms with Gasteiger partial charge in [-0.15, -0.1) is 0 Å². The maximum atomic E-state index is 13.1. The Morgan fingerprint density at radius 2 is 1.67 bits per heavy atom. The molecule has 2 heteroatoms. The van der Waals surface area contributed by atoms with Gasteiger partial charge in [0.25, 0.3) is 0 Å². The first-order valence-corrected chi connectivity index (χ1v) is 4.80. The summed E-state index contributed by atoms with van der Waals surface area (Å²) in [7, 11) is 0. The molecule has 0 spiro atoms. The van der Waals surface area contributed by atoms with E-state index < -0.39 is 5.92 Å². The zero-order valence-corrected chi connectivity index (χ0v) is 8.11. The SMILES string of the molecule is CC1CCC(F)(F)CC(C)C1C. The molecule has 0 bridgehead atoms. The Morgan fingerprint density at radius 3 is 2.25 bits per heavy atom. The van der Waals surface area contributed by atoms with E-state index in [1.54, 1.807) is 0 Å². The Labute approximate surface area is 73.3 Å². The Bertz CT molecular complexity index is 154. The molecule has 0 aromatic carbocycles. The molecule has 0 N–H and O–H groups in total. The van der Waals surface area contributed by atoms with Crippen molar-refractivity contribution in [1.82, 2.24) is 0 Å². The molecule has 1 rings (SSSR count). The normalized spacial score (nSPS) is 42.2. The van der Waals surface area contributed by atoms with Crippen molar-refractivity contribution in [2.45, 2.75) is 46.0 Å². The van der Waals surface area contributed by atoms with Gasteiger partial charge in [-0.2, -0.15) is 0 Å². The summed E-state index contributed by atoms with van der Waals surface area (Å²) in [6.07, 6.45) is 0.847. The van der Waals surface area contributed by atoms with Gasteiger partial charge in [0.1, 0.15) is 0 Å². The first-order valence-electron chi connectivity index (χ1n) is 4.80. The molecule has 0 aromatic heterocycles. The third-order valence-corrected chi connectivity index (χ3v) is 3.38. The summed E-state index contributed by atoms with van der Waals surface area (Å²) in [4.78, 5) is 0. The van der Waals surface area contributed by atoms with Gasteiger partial charge in [-0.05, 0) is 24.2 Å². The van der Waals surface area contributed by atoms with Crippen molar-refractivity contribution in [2.24, 2.45) is 17.8 Å². The van der Waals surface area contributed by atoms with Crippen LogP contribution in [0.1, 0.15) is 40.0 Å². The molecule has 0 aromatic rings. The summed E-state index contributed by atoms with van der Waals surface area (Å²) in [6, 6.07) is 0. The van der Waals surface area contributed by atoms with Crippen LogP contribution in [0.5, 0.6) is 0 Å². The Hall–Kier alpha value is -0.140. The molecule has 0 saturated heterocycles. The molecule has 0 nitrogen and oxygen atoms in total. The van der Waals surface area contributed by atoms with Gasteiger partial charge in [-0.3, -0.25) is 0 Å². The van der Waals surface area contributed by atoms with E-state index in [9.17, 15) is 8.78 Å². The van der Waals surface area contributed by atoms with E-state index in [4.69, 9.17) is 0 Å². The van der Waals surface area contributed by atoms with Crippen LogP contribution in [-0.4, -0.2) is 5.92 Å². The molecule has 0 radical (unpaired) electrons. The minimum atomic E-state index is -2.40. The van der Waals surface area contributed by atoms with Crippen LogP contribution < -0.4 is 0 Å². The standard InChI is InChI=1S/C10H18F2/c1-7-4-5-10(11,12)6-8(2)9(7)3/h7-9H,4-6H2,1-3H3. The van der Waals surface area contributed by atoms with Gasteiger partial charge in [0.15, 0.2) is 0 Å². The lowest BCUT2D eigenvalue weighted by Gasteiger charge is -2.22. The molecule has 0 heterocycles. The summed E-state index contributed by atoms with van der Waals surface area (Å²) in [5.74, 6) is -1.34. The first-order chi connectivity index (χ1) is 5.42. The monoisotopic (exact) mass is 176 g/mol. The van der Waals surface area contributed by atoms with Gasteiger partial charge in [0.2, 0.25) is 5.92 Å². The van der Waals surface area contributed by atoms with Gasteiger partial charge in [-0.1, -0.05) is 20.8 Å². The molecule has 3 unspecified atom stereocenters. The van der Waals surface area contributed by atoms with E-state index in [0.717, 1.165) is 0 Å². The predicted octanol–water partition coefficient (Wildman–Crippen LogP) is 3.71. The maximum Gasteiger partial charge on any atom is 0.248 e. The fraction of sp³-hybridized carbons (Fsp3) is 1.00. The van der Waals surface area contributed by atoms with Crippen molar-refractivity contribution in [3.63, 3.8) is 0 Å². The molecule has 1 saturated carbocycles. The van der Waals surface area contributed by atoms with E-state index in [1.807, 2.05) is 6.92 Å². The summed E-state index contributed by atoms with van der Waals surface area (Å²) in [6.45, 7) is 6.12. The fourth-order valence-electron chi connectivity index (χ4n) is 2.02. The molecule has 0 aliphatic heterocycles. The van der Waals surface area contributed by atoms with Crippen LogP contribution in [0, 0.1) is 17.8 Å². The molecular weight excluding hydrogens is 158 g/mol. The highest BCUT2D eigenvalue weighted by atomic mass is 19.3. The topological polar surface area (TPSA) is 0 Å². The van der Waals surface area contributed by atoms with Crippen molar-refractivity contribution >= 4 is 0 Å². The van der Waals surface area contributed by atoms with E-state index in [0.29, 0.717) is 18.3 Å². The number of hydrogen-bond donors (Lipinski definition) is 0. The van der Waals surface area contributed by atoms with Crippen molar-refractivity contribution in [3.8, 4) is 0 Å². The molecule has 3 atom stereocenters. The lowest BCUT2D eigenvalue weighted by Crippen LogP contribution is -2.19. The molecule has 1 aliphatic rings. The van der Waals surface area contributed by atoms with Crippen molar-refractivity contribution in [3.05, 3.63) is 0 Å². The van der Waals surface area contributed by atoms with Crippen LogP contribution in [-0.2, 0) is 0 Å². The van der Waals surface area contributed by atoms with Gasteiger partial charge in [0.05, 0.1) is 0 Å². The van der Waals surface area contributed by atoms with E-state index in [1.165, 1.54) is 0 Å². The average Bonchev–Trinajstić information content (AvgIpc) is 2.03. The molecule has 72 valence electrons. The third kappa shape index (κ3) is 2.18. The van der Waals surface area contributed by atoms with Crippen molar-refractivity contribution in [1.29, 1.82) is 0 Å². The lowest BCUT2D eigenvalue weighted by molar-refractivity contribution is -0.0255. The number of hydrogen-bond acceptors (Lipinski definition) is 0. The lowest BCUT2D eigenvalue weighted by atomic mass is 9.84. The molecular formula is C10H18F2. The van der Waals surface area contributed by atoms with Crippen LogP contribution >= 0.6 is 0 Å². The highest BCUT2D eigenvalue weighted by Crippen LogP contribution is 2.40. The van der Waals surface area contributed by atoms with Gasteiger partial charge >= 0.3 is 0 Å². The molecule has 1 aliphatic carbocycles. The zero-order valence-electron chi connectivity index (χ0n) is 8.11. The number of alkyl halides is 2. The first kappa shape index (κ1) is 9.94. The summed E-state index contributed by atoms with van der Waals surface area (Å²) in [5, 5.41) is 0. The predicted molar refractivity (Wildman–Crippen MR) is 46.3 cm³/mol. The molecule has 0 amide bonds. The highest BCUT2D eigenvalue weighted by Gasteiger charge is 2.37. The second kappa shape index (κ2) is 3.31.